The fraction of sp³-hybridized carbons (Fsp3) is 0.889. The van der Waals surface area contributed by atoms with Crippen LogP contribution in [0, 0.1) is 65.1 Å². The van der Waals surface area contributed by atoms with E-state index in [-0.39, 0.29) is 0 Å². The van der Waals surface area contributed by atoms with Crippen LogP contribution in [-0.2, 0) is 18.9 Å². The summed E-state index contributed by atoms with van der Waals surface area (Å²) < 4.78 is 20.5. The van der Waals surface area contributed by atoms with Crippen LogP contribution in [0.1, 0.15) is 301 Å². The van der Waals surface area contributed by atoms with Gasteiger partial charge in [0.15, 0.2) is 25.1 Å². The van der Waals surface area contributed by atoms with E-state index in [0.29, 0.717) is 71.7 Å². The summed E-state index contributed by atoms with van der Waals surface area (Å²) in [6.45, 7) is 83.1. The van der Waals surface area contributed by atoms with Crippen molar-refractivity contribution in [1.29, 1.82) is 0 Å². The van der Waals surface area contributed by atoms with Gasteiger partial charge in [0.1, 0.15) is 6.10 Å². The summed E-state index contributed by atoms with van der Waals surface area (Å²) >= 11 is 7.41. The van der Waals surface area contributed by atoms with Crippen LogP contribution in [-0.4, -0.2) is 159 Å². The van der Waals surface area contributed by atoms with E-state index in [0.717, 1.165) is 108 Å². The Hall–Kier alpha value is -2.57. The van der Waals surface area contributed by atoms with Crippen molar-refractivity contribution in [3.05, 3.63) is 0 Å². The molecule has 9 rings (SSSR count). The third kappa shape index (κ3) is 74.9. The van der Waals surface area contributed by atoms with Crippen LogP contribution in [0.15, 0.2) is 45.0 Å². The van der Waals surface area contributed by atoms with Gasteiger partial charge in [-0.05, 0) is 79.4 Å². The SMILES string of the molecule is CC.CC.CC.CC.CC.CC.CC.CC.CC.CC(C)C1=NCCCO1.CC(C)C1=NCCCS1.CC(C)C1CCC=NN1.CC(C)C1CCN=CO1.CC(C)C1CCOC=N1.CC(C)C1CCSC=N1.CC(C)C1CCSC=N1.CC(C)C1CN=COC1.CC(C)C1CN=CSC1. The van der Waals surface area contributed by atoms with Crippen molar-refractivity contribution in [1.82, 2.24) is 5.43 Å². The first kappa shape index (κ1) is 115. The molecular weight excluding hydrogens is 1310 g/mol. The number of hydrogen-bond acceptors (Lipinski definition) is 18. The summed E-state index contributed by atoms with van der Waals surface area (Å²) in [5, 5.41) is 5.35. The summed E-state index contributed by atoms with van der Waals surface area (Å²) in [7, 11) is 0. The summed E-state index contributed by atoms with van der Waals surface area (Å²) in [5.74, 6) is 13.5. The van der Waals surface area contributed by atoms with E-state index < -0.39 is 0 Å². The summed E-state index contributed by atoms with van der Waals surface area (Å²) in [4.78, 5) is 33.8. The van der Waals surface area contributed by atoms with Gasteiger partial charge in [-0.1, -0.05) is 249 Å². The molecular formula is C81H172N10O4S4. The Morgan fingerprint density at radius 2 is 0.939 bits per heavy atom. The normalized spacial score (nSPS) is 21.1. The van der Waals surface area contributed by atoms with Gasteiger partial charge in [0, 0.05) is 105 Å². The molecule has 9 aliphatic heterocycles. The standard InChI is InChI=1S/C7H14N2.4C7H13NO.4C7H13NS.9C2H6/c1-6(2)7-4-3-5-8-9-7;1-6(2)7-3-8-5-9-4-7;1-6(2)7-3-4-9-5-8-7;1-6(2)7-3-4-8-5-9-7;1-6(2)7-8-4-3-5-9-7;1-6(2)7-3-8-5-9-4-7;2*1-6(2)7-3-4-9-5-8-7;1-6(2)7-8-4-3-5-9-7;9*1-2/h5-7,9H,3-4H2,1-2H3;3*5-7H,3-4H2,1-2H3;6H,3-5H2,1-2H3;3*5-7H,3-4H2,1-2H3;6H,3-5H2,1-2H3;9*1-2H3. The van der Waals surface area contributed by atoms with Crippen molar-refractivity contribution in [2.24, 2.45) is 110 Å². The zero-order valence-corrected chi connectivity index (χ0v) is 75.5. The van der Waals surface area contributed by atoms with Crippen LogP contribution in [0.5, 0.6) is 0 Å². The minimum absolute atomic E-state index is 0.405. The molecule has 14 nitrogen and oxygen atoms in total. The van der Waals surface area contributed by atoms with E-state index in [1.54, 1.807) is 19.2 Å². The molecule has 9 heterocycles. The fourth-order valence-corrected chi connectivity index (χ4v) is 11.6. The Morgan fingerprint density at radius 3 is 1.18 bits per heavy atom. The van der Waals surface area contributed by atoms with Gasteiger partial charge >= 0.3 is 0 Å². The molecule has 0 saturated heterocycles. The largest absolute Gasteiger partial charge is 0.483 e. The van der Waals surface area contributed by atoms with Crippen molar-refractivity contribution in [3.8, 4) is 0 Å². The number of rotatable bonds is 9. The number of ether oxygens (including phenoxy) is 4. The molecule has 0 aromatic carbocycles. The molecule has 0 spiro atoms. The average Bonchev–Trinajstić information content (AvgIpc) is 3.85. The monoisotopic (exact) mass is 1480 g/mol. The van der Waals surface area contributed by atoms with Crippen LogP contribution in [0.4, 0.5) is 0 Å². The molecule has 18 heteroatoms. The van der Waals surface area contributed by atoms with Crippen molar-refractivity contribution >= 4 is 100 Å². The average molecular weight is 1480 g/mol. The molecule has 0 saturated carbocycles. The molecule has 99 heavy (non-hydrogen) atoms. The highest BCUT2D eigenvalue weighted by atomic mass is 32.2. The lowest BCUT2D eigenvalue weighted by Crippen LogP contribution is -2.32. The molecule has 0 aliphatic carbocycles. The van der Waals surface area contributed by atoms with E-state index in [9.17, 15) is 0 Å². The van der Waals surface area contributed by atoms with Gasteiger partial charge in [-0.25, -0.2) is 0 Å². The summed E-state index contributed by atoms with van der Waals surface area (Å²) in [5.41, 5.74) is 9.05. The lowest BCUT2D eigenvalue weighted by Gasteiger charge is -2.22. The molecule has 0 amide bonds. The molecule has 1 N–H and O–H groups in total. The highest BCUT2D eigenvalue weighted by molar-refractivity contribution is 8.14. The van der Waals surface area contributed by atoms with E-state index in [2.05, 4.69) is 175 Å². The number of thioether (sulfide) groups is 4. The molecule has 0 fully saturated rings. The molecule has 9 aliphatic rings. The van der Waals surface area contributed by atoms with E-state index in [1.807, 2.05) is 195 Å². The number of nitrogens with one attached hydrogen (secondary N) is 1. The summed E-state index contributed by atoms with van der Waals surface area (Å²) in [6.07, 6.45) is 16.5. The first-order chi connectivity index (χ1) is 47.7. The number of hydrogen-bond donors (Lipinski definition) is 1. The second-order valence-electron chi connectivity index (χ2n) is 24.5. The first-order valence-electron chi connectivity index (χ1n) is 40.1. The number of aliphatic imine (C=N–C) groups is 8. The molecule has 7 unspecified atom stereocenters. The van der Waals surface area contributed by atoms with Crippen LogP contribution in [0.25, 0.3) is 0 Å². The second kappa shape index (κ2) is 91.5. The van der Waals surface area contributed by atoms with Crippen LogP contribution in [0.2, 0.25) is 0 Å². The Kier molecular flexibility index (Phi) is 106. The minimum atomic E-state index is 0.405. The van der Waals surface area contributed by atoms with Gasteiger partial charge in [0.25, 0.3) is 0 Å². The molecule has 0 aromatic heterocycles. The minimum Gasteiger partial charge on any atom is -0.483 e. The van der Waals surface area contributed by atoms with Gasteiger partial charge < -0.3 is 24.4 Å². The third-order valence-electron chi connectivity index (χ3n) is 14.3. The van der Waals surface area contributed by atoms with Crippen LogP contribution >= 0.6 is 47.0 Å². The first-order valence-corrected chi connectivity index (χ1v) is 44.2. The zero-order valence-electron chi connectivity index (χ0n) is 72.2. The molecule has 0 radical (unpaired) electrons. The van der Waals surface area contributed by atoms with Crippen LogP contribution in [0.3, 0.4) is 0 Å². The molecule has 0 bridgehead atoms. The molecule has 594 valence electrons. The highest BCUT2D eigenvalue weighted by Gasteiger charge is 2.19. The van der Waals surface area contributed by atoms with E-state index >= 15 is 0 Å². The Morgan fingerprint density at radius 1 is 0.424 bits per heavy atom. The quantitative estimate of drug-likeness (QED) is 0.237. The zero-order chi connectivity index (χ0) is 78.2. The second-order valence-corrected chi connectivity index (χ2v) is 28.4. The topological polar surface area (TPSA) is 160 Å². The van der Waals surface area contributed by atoms with Crippen molar-refractivity contribution in [3.63, 3.8) is 0 Å². The summed E-state index contributed by atoms with van der Waals surface area (Å²) in [6, 6.07) is 2.31. The van der Waals surface area contributed by atoms with Gasteiger partial charge in [-0.2, -0.15) is 5.10 Å². The van der Waals surface area contributed by atoms with Gasteiger partial charge in [0.2, 0.25) is 0 Å². The smallest absolute Gasteiger partial charge is 0.185 e. The lowest BCUT2D eigenvalue weighted by atomic mass is 9.97. The van der Waals surface area contributed by atoms with E-state index in [4.69, 9.17) is 18.9 Å². The molecule has 7 atom stereocenters. The maximum atomic E-state index is 5.29. The van der Waals surface area contributed by atoms with Gasteiger partial charge in [-0.3, -0.25) is 39.9 Å². The Balaban J connectivity index is -0.000000128. The van der Waals surface area contributed by atoms with Crippen molar-refractivity contribution in [2.45, 2.75) is 331 Å². The predicted molar refractivity (Wildman–Crippen MR) is 469 cm³/mol. The van der Waals surface area contributed by atoms with Gasteiger partial charge in [-0.15, -0.1) is 47.0 Å². The highest BCUT2D eigenvalue weighted by Crippen LogP contribution is 2.22. The maximum absolute atomic E-state index is 5.29. The Labute approximate surface area is 637 Å². The third-order valence-corrected chi connectivity index (χ3v) is 18.1. The molecule has 0 aromatic rings. The maximum Gasteiger partial charge on any atom is 0.185 e. The Bertz CT molecular complexity index is 1620. The van der Waals surface area contributed by atoms with Crippen LogP contribution < -0.4 is 5.43 Å². The number of hydrazone groups is 1. The van der Waals surface area contributed by atoms with E-state index in [1.165, 1.54) is 53.7 Å². The lowest BCUT2D eigenvalue weighted by molar-refractivity contribution is 0.130. The van der Waals surface area contributed by atoms with Crippen molar-refractivity contribution < 1.29 is 18.9 Å². The van der Waals surface area contributed by atoms with Crippen molar-refractivity contribution in [2.75, 3.05) is 75.6 Å². The fourth-order valence-electron chi connectivity index (χ4n) is 8.13. The number of nitrogens with zero attached hydrogens (tertiary/aromatic N) is 9. The van der Waals surface area contributed by atoms with Gasteiger partial charge in [0.05, 0.1) is 59.6 Å². The predicted octanol–water partition coefficient (Wildman–Crippen LogP) is 24.9.